The van der Waals surface area contributed by atoms with Gasteiger partial charge in [0.05, 0.1) is 19.3 Å². The Hall–Kier alpha value is -2.11. The van der Waals surface area contributed by atoms with Gasteiger partial charge < -0.3 is 19.9 Å². The van der Waals surface area contributed by atoms with E-state index in [1.54, 1.807) is 26.2 Å². The molecule has 0 aliphatic heterocycles. The maximum atomic E-state index is 13.0. The van der Waals surface area contributed by atoms with Crippen LogP contribution in [0.4, 0.5) is 4.39 Å². The minimum atomic E-state index is -1.08. The van der Waals surface area contributed by atoms with Crippen molar-refractivity contribution in [2.45, 2.75) is 26.0 Å². The largest absolute Gasteiger partial charge is 0.493 e. The highest BCUT2D eigenvalue weighted by Gasteiger charge is 2.22. The van der Waals surface area contributed by atoms with E-state index in [1.807, 2.05) is 25.1 Å². The Balaban J connectivity index is 1.98. The van der Waals surface area contributed by atoms with Gasteiger partial charge in [0, 0.05) is 13.1 Å². The zero-order valence-electron chi connectivity index (χ0n) is 14.3. The second kappa shape index (κ2) is 8.13. The molecule has 0 heterocycles. The van der Waals surface area contributed by atoms with Gasteiger partial charge in [0.2, 0.25) is 0 Å². The Bertz CT molecular complexity index is 656. The van der Waals surface area contributed by atoms with E-state index in [0.717, 1.165) is 5.56 Å². The molecule has 130 valence electrons. The SMILES string of the molecule is CCOc1cc(CNCC(C)(O)c2ccc(F)cc2)ccc1OC. The number of rotatable bonds is 8. The molecule has 0 saturated carbocycles. The normalized spacial score (nSPS) is 13.4. The Morgan fingerprint density at radius 2 is 1.83 bits per heavy atom. The van der Waals surface area contributed by atoms with Crippen molar-refractivity contribution in [3.05, 3.63) is 59.4 Å². The van der Waals surface area contributed by atoms with Crippen LogP contribution in [0.2, 0.25) is 0 Å². The summed E-state index contributed by atoms with van der Waals surface area (Å²) in [6.45, 7) is 5.10. The number of methoxy groups -OCH3 is 1. The number of ether oxygens (including phenoxy) is 2. The highest BCUT2D eigenvalue weighted by atomic mass is 19.1. The predicted octanol–water partition coefficient (Wildman–Crippen LogP) is 3.23. The van der Waals surface area contributed by atoms with E-state index in [9.17, 15) is 9.50 Å². The third-order valence-corrected chi connectivity index (χ3v) is 3.79. The van der Waals surface area contributed by atoms with Gasteiger partial charge in [-0.3, -0.25) is 0 Å². The molecule has 2 N–H and O–H groups in total. The Morgan fingerprint density at radius 3 is 2.46 bits per heavy atom. The Kier molecular flexibility index (Phi) is 6.17. The van der Waals surface area contributed by atoms with E-state index < -0.39 is 5.60 Å². The lowest BCUT2D eigenvalue weighted by Gasteiger charge is -2.24. The average molecular weight is 333 g/mol. The second-order valence-corrected chi connectivity index (χ2v) is 5.80. The molecule has 0 bridgehead atoms. The number of hydrogen-bond donors (Lipinski definition) is 2. The van der Waals surface area contributed by atoms with Gasteiger partial charge >= 0.3 is 0 Å². The van der Waals surface area contributed by atoms with Crippen molar-refractivity contribution in [1.29, 1.82) is 0 Å². The van der Waals surface area contributed by atoms with Crippen LogP contribution in [0.15, 0.2) is 42.5 Å². The fourth-order valence-electron chi connectivity index (χ4n) is 2.46. The third-order valence-electron chi connectivity index (χ3n) is 3.79. The van der Waals surface area contributed by atoms with E-state index >= 15 is 0 Å². The maximum Gasteiger partial charge on any atom is 0.161 e. The maximum absolute atomic E-state index is 13.0. The van der Waals surface area contributed by atoms with Crippen molar-refractivity contribution < 1.29 is 19.0 Å². The molecule has 0 aliphatic carbocycles. The van der Waals surface area contributed by atoms with Gasteiger partial charge in [-0.1, -0.05) is 18.2 Å². The van der Waals surface area contributed by atoms with Gasteiger partial charge in [0.1, 0.15) is 5.82 Å². The number of aliphatic hydroxyl groups is 1. The molecule has 0 amide bonds. The first-order valence-electron chi connectivity index (χ1n) is 7.95. The average Bonchev–Trinajstić information content (AvgIpc) is 2.56. The summed E-state index contributed by atoms with van der Waals surface area (Å²) >= 11 is 0. The van der Waals surface area contributed by atoms with E-state index in [-0.39, 0.29) is 5.82 Å². The van der Waals surface area contributed by atoms with Crippen LogP contribution in [-0.4, -0.2) is 25.4 Å². The third kappa shape index (κ3) is 4.69. The van der Waals surface area contributed by atoms with Crippen molar-refractivity contribution in [2.24, 2.45) is 0 Å². The molecule has 0 aromatic heterocycles. The lowest BCUT2D eigenvalue weighted by atomic mass is 9.96. The van der Waals surface area contributed by atoms with Crippen molar-refractivity contribution in [1.82, 2.24) is 5.32 Å². The van der Waals surface area contributed by atoms with Crippen LogP contribution in [0.25, 0.3) is 0 Å². The van der Waals surface area contributed by atoms with Crippen molar-refractivity contribution in [3.8, 4) is 11.5 Å². The molecule has 5 heteroatoms. The number of benzene rings is 2. The summed E-state index contributed by atoms with van der Waals surface area (Å²) in [5.41, 5.74) is 0.610. The van der Waals surface area contributed by atoms with Gasteiger partial charge in [0.15, 0.2) is 11.5 Å². The van der Waals surface area contributed by atoms with Crippen LogP contribution in [0.1, 0.15) is 25.0 Å². The quantitative estimate of drug-likeness (QED) is 0.779. The molecule has 0 spiro atoms. The summed E-state index contributed by atoms with van der Waals surface area (Å²) < 4.78 is 23.8. The predicted molar refractivity (Wildman–Crippen MR) is 91.8 cm³/mol. The molecular formula is C19H24FNO3. The molecule has 2 aromatic rings. The van der Waals surface area contributed by atoms with Crippen molar-refractivity contribution in [2.75, 3.05) is 20.3 Å². The summed E-state index contributed by atoms with van der Waals surface area (Å²) in [7, 11) is 1.61. The van der Waals surface area contributed by atoms with Crippen molar-refractivity contribution in [3.63, 3.8) is 0 Å². The fourth-order valence-corrected chi connectivity index (χ4v) is 2.46. The smallest absolute Gasteiger partial charge is 0.161 e. The molecule has 1 unspecified atom stereocenters. The second-order valence-electron chi connectivity index (χ2n) is 5.80. The number of nitrogens with one attached hydrogen (secondary N) is 1. The summed E-state index contributed by atoms with van der Waals surface area (Å²) in [6, 6.07) is 11.6. The topological polar surface area (TPSA) is 50.7 Å². The van der Waals surface area contributed by atoms with Gasteiger partial charge in [0.25, 0.3) is 0 Å². The molecule has 24 heavy (non-hydrogen) atoms. The number of halogens is 1. The van der Waals surface area contributed by atoms with E-state index in [2.05, 4.69) is 5.32 Å². The first-order valence-corrected chi connectivity index (χ1v) is 7.95. The molecule has 2 rings (SSSR count). The summed E-state index contributed by atoms with van der Waals surface area (Å²) in [5.74, 6) is 1.08. The minimum Gasteiger partial charge on any atom is -0.493 e. The van der Waals surface area contributed by atoms with Gasteiger partial charge in [-0.05, 0) is 49.2 Å². The molecule has 1 atom stereocenters. The Morgan fingerprint density at radius 1 is 1.12 bits per heavy atom. The van der Waals surface area contributed by atoms with Crippen molar-refractivity contribution >= 4 is 0 Å². The highest BCUT2D eigenvalue weighted by Crippen LogP contribution is 2.28. The molecule has 2 aromatic carbocycles. The van der Waals surface area contributed by atoms with Gasteiger partial charge in [-0.15, -0.1) is 0 Å². The van der Waals surface area contributed by atoms with Crippen LogP contribution in [-0.2, 0) is 12.1 Å². The van der Waals surface area contributed by atoms with Crippen LogP contribution in [0, 0.1) is 5.82 Å². The van der Waals surface area contributed by atoms with E-state index in [0.29, 0.717) is 36.8 Å². The van der Waals surface area contributed by atoms with Crippen LogP contribution in [0.3, 0.4) is 0 Å². The summed E-state index contributed by atoms with van der Waals surface area (Å²) in [6.07, 6.45) is 0. The van der Waals surface area contributed by atoms with Gasteiger partial charge in [-0.25, -0.2) is 4.39 Å². The molecule has 0 aliphatic rings. The van der Waals surface area contributed by atoms with Gasteiger partial charge in [-0.2, -0.15) is 0 Å². The Labute approximate surface area is 142 Å². The molecule has 4 nitrogen and oxygen atoms in total. The highest BCUT2D eigenvalue weighted by molar-refractivity contribution is 5.43. The van der Waals surface area contributed by atoms with Crippen LogP contribution >= 0.6 is 0 Å². The van der Waals surface area contributed by atoms with E-state index in [1.165, 1.54) is 12.1 Å². The number of hydrogen-bond acceptors (Lipinski definition) is 4. The lowest BCUT2D eigenvalue weighted by molar-refractivity contribution is 0.0566. The first kappa shape index (κ1) is 18.2. The zero-order chi connectivity index (χ0) is 17.6. The zero-order valence-corrected chi connectivity index (χ0v) is 14.3. The first-order chi connectivity index (χ1) is 11.5. The fraction of sp³-hybridized carbons (Fsp3) is 0.368. The lowest BCUT2D eigenvalue weighted by Crippen LogP contribution is -2.35. The molecular weight excluding hydrogens is 309 g/mol. The molecule has 0 fully saturated rings. The van der Waals surface area contributed by atoms with E-state index in [4.69, 9.17) is 9.47 Å². The monoisotopic (exact) mass is 333 g/mol. The molecule has 0 radical (unpaired) electrons. The molecule has 0 saturated heterocycles. The standard InChI is InChI=1S/C19H24FNO3/c1-4-24-18-11-14(5-10-17(18)23-3)12-21-13-19(2,22)15-6-8-16(20)9-7-15/h5-11,21-22H,4,12-13H2,1-3H3. The minimum absolute atomic E-state index is 0.316. The summed E-state index contributed by atoms with van der Waals surface area (Å²) in [5, 5.41) is 13.8. The van der Waals surface area contributed by atoms with Crippen LogP contribution < -0.4 is 14.8 Å². The summed E-state index contributed by atoms with van der Waals surface area (Å²) in [4.78, 5) is 0. The van der Waals surface area contributed by atoms with Crippen LogP contribution in [0.5, 0.6) is 11.5 Å².